The van der Waals surface area contributed by atoms with Crippen LogP contribution in [0.4, 0.5) is 4.79 Å². The quantitative estimate of drug-likeness (QED) is 0.607. The van der Waals surface area contributed by atoms with Gasteiger partial charge in [-0.05, 0) is 12.5 Å². The van der Waals surface area contributed by atoms with Crippen LogP contribution in [0.3, 0.4) is 0 Å². The smallest absolute Gasteiger partial charge is 0.414 e. The number of carbonyl (C=O) groups is 1. The molecule has 1 amide bonds. The summed E-state index contributed by atoms with van der Waals surface area (Å²) in [6, 6.07) is 0.0370. The van der Waals surface area contributed by atoms with E-state index in [1.807, 2.05) is 12.2 Å². The molecule has 0 N–H and O–H groups in total. The van der Waals surface area contributed by atoms with E-state index in [1.165, 1.54) is 7.11 Å². The summed E-state index contributed by atoms with van der Waals surface area (Å²) in [6.45, 7) is 3.64. The lowest BCUT2D eigenvalue weighted by atomic mass is 10.1. The summed E-state index contributed by atoms with van der Waals surface area (Å²) in [7, 11) is 1.37. The van der Waals surface area contributed by atoms with Gasteiger partial charge < -0.3 is 4.74 Å². The van der Waals surface area contributed by atoms with E-state index in [0.717, 1.165) is 6.42 Å². The molecule has 0 fully saturated rings. The van der Waals surface area contributed by atoms with Gasteiger partial charge in [-0.2, -0.15) is 0 Å². The van der Waals surface area contributed by atoms with E-state index in [1.54, 1.807) is 23.3 Å². The molecule has 0 unspecified atom stereocenters. The molecule has 3 nitrogen and oxygen atoms in total. The van der Waals surface area contributed by atoms with Gasteiger partial charge in [0.1, 0.15) is 0 Å². The van der Waals surface area contributed by atoms with Crippen molar-refractivity contribution in [3.05, 3.63) is 37.1 Å². The Morgan fingerprint density at radius 1 is 1.69 bits per heavy atom. The fourth-order valence-corrected chi connectivity index (χ4v) is 1.20. The maximum atomic E-state index is 11.2. The molecule has 1 rings (SSSR count). The molecule has 0 radical (unpaired) electrons. The average molecular weight is 179 g/mol. The molecule has 3 heteroatoms. The first-order valence-electron chi connectivity index (χ1n) is 4.11. The van der Waals surface area contributed by atoms with Crippen molar-refractivity contribution in [2.75, 3.05) is 7.11 Å². The predicted molar refractivity (Wildman–Crippen MR) is 51.1 cm³/mol. The van der Waals surface area contributed by atoms with Crippen molar-refractivity contribution >= 4 is 6.09 Å². The standard InChI is InChI=1S/C10H13NO2/c1-3-6-9-7-4-5-8-11(9)10(12)13-2/h3-5,7-9H,1,6H2,2H3/t9-/m0/s1. The minimum Gasteiger partial charge on any atom is -0.452 e. The Hall–Kier alpha value is -1.51. The van der Waals surface area contributed by atoms with Gasteiger partial charge in [-0.3, -0.25) is 4.90 Å². The molecule has 1 atom stereocenters. The molecular weight excluding hydrogens is 166 g/mol. The molecule has 70 valence electrons. The molecule has 0 aromatic carbocycles. The zero-order valence-electron chi connectivity index (χ0n) is 7.64. The maximum absolute atomic E-state index is 11.2. The van der Waals surface area contributed by atoms with Crippen LogP contribution in [0.25, 0.3) is 0 Å². The van der Waals surface area contributed by atoms with E-state index in [2.05, 4.69) is 11.3 Å². The number of hydrogen-bond donors (Lipinski definition) is 0. The molecule has 0 aliphatic carbocycles. The third-order valence-corrected chi connectivity index (χ3v) is 1.84. The van der Waals surface area contributed by atoms with Gasteiger partial charge in [0.15, 0.2) is 0 Å². The molecule has 0 bridgehead atoms. The van der Waals surface area contributed by atoms with E-state index < -0.39 is 0 Å². The highest BCUT2D eigenvalue weighted by atomic mass is 16.5. The molecule has 0 aromatic heterocycles. The summed E-state index contributed by atoms with van der Waals surface area (Å²) < 4.78 is 4.63. The zero-order chi connectivity index (χ0) is 9.68. The Bertz CT molecular complexity index is 256. The monoisotopic (exact) mass is 179 g/mol. The van der Waals surface area contributed by atoms with Crippen molar-refractivity contribution in [2.45, 2.75) is 12.5 Å². The highest BCUT2D eigenvalue weighted by Crippen LogP contribution is 2.13. The molecule has 0 saturated carbocycles. The minimum atomic E-state index is -0.340. The zero-order valence-corrected chi connectivity index (χ0v) is 7.64. The molecule has 1 aliphatic heterocycles. The first kappa shape index (κ1) is 9.58. The molecule has 1 aliphatic rings. The van der Waals surface area contributed by atoms with Crippen molar-refractivity contribution in [3.8, 4) is 0 Å². The summed E-state index contributed by atoms with van der Waals surface area (Å²) in [5, 5.41) is 0. The van der Waals surface area contributed by atoms with Crippen molar-refractivity contribution < 1.29 is 9.53 Å². The average Bonchev–Trinajstić information content (AvgIpc) is 2.18. The Labute approximate surface area is 78.0 Å². The number of nitrogens with zero attached hydrogens (tertiary/aromatic N) is 1. The number of allylic oxidation sites excluding steroid dienone is 2. The first-order chi connectivity index (χ1) is 6.29. The SMILES string of the molecule is C=CC[C@H]1C=CC=CN1C(=O)OC. The topological polar surface area (TPSA) is 29.5 Å². The minimum absolute atomic E-state index is 0.0370. The van der Waals surface area contributed by atoms with Gasteiger partial charge in [0.25, 0.3) is 0 Å². The van der Waals surface area contributed by atoms with Gasteiger partial charge in [0.2, 0.25) is 0 Å². The number of carbonyl (C=O) groups excluding carboxylic acids is 1. The number of ether oxygens (including phenoxy) is 1. The Balaban J connectivity index is 2.69. The number of amides is 1. The van der Waals surface area contributed by atoms with E-state index >= 15 is 0 Å². The second-order valence-corrected chi connectivity index (χ2v) is 2.70. The van der Waals surface area contributed by atoms with Gasteiger partial charge in [-0.15, -0.1) is 6.58 Å². The van der Waals surface area contributed by atoms with Crippen LogP contribution in [0.15, 0.2) is 37.1 Å². The van der Waals surface area contributed by atoms with Gasteiger partial charge in [-0.1, -0.05) is 18.2 Å². The fourth-order valence-electron chi connectivity index (χ4n) is 1.20. The summed E-state index contributed by atoms with van der Waals surface area (Å²) >= 11 is 0. The maximum Gasteiger partial charge on any atom is 0.414 e. The number of hydrogen-bond acceptors (Lipinski definition) is 2. The molecule has 0 spiro atoms. The fraction of sp³-hybridized carbons (Fsp3) is 0.300. The van der Waals surface area contributed by atoms with Crippen LogP contribution in [-0.4, -0.2) is 24.1 Å². The van der Waals surface area contributed by atoms with Crippen LogP contribution in [-0.2, 0) is 4.74 Å². The van der Waals surface area contributed by atoms with Crippen LogP contribution in [0.1, 0.15) is 6.42 Å². The van der Waals surface area contributed by atoms with Gasteiger partial charge >= 0.3 is 6.09 Å². The molecule has 0 aromatic rings. The number of rotatable bonds is 2. The van der Waals surface area contributed by atoms with Crippen molar-refractivity contribution in [1.29, 1.82) is 0 Å². The van der Waals surface area contributed by atoms with E-state index in [9.17, 15) is 4.79 Å². The second-order valence-electron chi connectivity index (χ2n) is 2.70. The van der Waals surface area contributed by atoms with E-state index in [-0.39, 0.29) is 12.1 Å². The predicted octanol–water partition coefficient (Wildman–Crippen LogP) is 2.08. The summed E-state index contributed by atoms with van der Waals surface area (Å²) in [4.78, 5) is 12.8. The summed E-state index contributed by atoms with van der Waals surface area (Å²) in [5.74, 6) is 0. The lowest BCUT2D eigenvalue weighted by Crippen LogP contribution is -2.35. The lowest BCUT2D eigenvalue weighted by Gasteiger charge is -2.25. The van der Waals surface area contributed by atoms with Gasteiger partial charge in [-0.25, -0.2) is 4.79 Å². The molecule has 0 saturated heterocycles. The Morgan fingerprint density at radius 2 is 2.46 bits per heavy atom. The lowest BCUT2D eigenvalue weighted by molar-refractivity contribution is 0.132. The van der Waals surface area contributed by atoms with Crippen LogP contribution in [0.2, 0.25) is 0 Å². The highest BCUT2D eigenvalue weighted by Gasteiger charge is 2.19. The second kappa shape index (κ2) is 4.50. The van der Waals surface area contributed by atoms with Crippen LogP contribution in [0, 0.1) is 0 Å². The largest absolute Gasteiger partial charge is 0.452 e. The van der Waals surface area contributed by atoms with E-state index in [4.69, 9.17) is 0 Å². The van der Waals surface area contributed by atoms with Crippen LogP contribution < -0.4 is 0 Å². The normalized spacial score (nSPS) is 20.1. The van der Waals surface area contributed by atoms with E-state index in [0.29, 0.717) is 0 Å². The highest BCUT2D eigenvalue weighted by molar-refractivity contribution is 5.70. The molecule has 13 heavy (non-hydrogen) atoms. The third kappa shape index (κ3) is 2.21. The first-order valence-corrected chi connectivity index (χ1v) is 4.11. The summed E-state index contributed by atoms with van der Waals surface area (Å²) in [6.07, 6.45) is 9.54. The number of methoxy groups -OCH3 is 1. The Morgan fingerprint density at radius 3 is 3.08 bits per heavy atom. The molecular formula is C10H13NO2. The van der Waals surface area contributed by atoms with Crippen molar-refractivity contribution in [1.82, 2.24) is 4.90 Å². The van der Waals surface area contributed by atoms with Gasteiger partial charge in [0, 0.05) is 6.20 Å². The van der Waals surface area contributed by atoms with Crippen molar-refractivity contribution in [3.63, 3.8) is 0 Å². The van der Waals surface area contributed by atoms with Crippen LogP contribution >= 0.6 is 0 Å². The van der Waals surface area contributed by atoms with Crippen molar-refractivity contribution in [2.24, 2.45) is 0 Å². The van der Waals surface area contributed by atoms with Crippen LogP contribution in [0.5, 0.6) is 0 Å². The van der Waals surface area contributed by atoms with Gasteiger partial charge in [0.05, 0.1) is 13.2 Å². The summed E-state index contributed by atoms with van der Waals surface area (Å²) in [5.41, 5.74) is 0. The molecule has 1 heterocycles. The Kier molecular flexibility index (Phi) is 3.31. The third-order valence-electron chi connectivity index (χ3n) is 1.84.